The molecular formula is C21H32N6O4S2. The smallest absolute Gasteiger partial charge is 0.243 e. The van der Waals surface area contributed by atoms with Gasteiger partial charge in [-0.2, -0.15) is 4.31 Å². The molecule has 0 saturated carbocycles. The van der Waals surface area contributed by atoms with E-state index in [-0.39, 0.29) is 28.2 Å². The molecule has 1 amide bonds. The number of sulfonamides is 1. The average molecular weight is 497 g/mol. The first kappa shape index (κ1) is 25.4. The Morgan fingerprint density at radius 1 is 1.21 bits per heavy atom. The van der Waals surface area contributed by atoms with E-state index in [9.17, 15) is 13.2 Å². The summed E-state index contributed by atoms with van der Waals surface area (Å²) in [5.41, 5.74) is 0.000335. The van der Waals surface area contributed by atoms with E-state index in [1.54, 1.807) is 10.7 Å². The highest BCUT2D eigenvalue weighted by Crippen LogP contribution is 2.31. The molecule has 0 aliphatic carbocycles. The molecule has 1 aliphatic rings. The molecule has 2 aromatic rings. The Morgan fingerprint density at radius 3 is 2.55 bits per heavy atom. The second-order valence-electron chi connectivity index (χ2n) is 9.17. The molecule has 2 heterocycles. The van der Waals surface area contributed by atoms with Crippen molar-refractivity contribution in [1.29, 1.82) is 0 Å². The first-order valence-electron chi connectivity index (χ1n) is 11.0. The number of nitrogens with one attached hydrogen (secondary N) is 1. The summed E-state index contributed by atoms with van der Waals surface area (Å²) in [5, 5.41) is 15.0. The van der Waals surface area contributed by atoms with Gasteiger partial charge in [-0.3, -0.25) is 4.79 Å². The molecular weight excluding hydrogens is 464 g/mol. The average Bonchev–Trinajstić information content (AvgIpc) is 3.23. The zero-order valence-corrected chi connectivity index (χ0v) is 21.4. The molecule has 0 spiro atoms. The third-order valence-electron chi connectivity index (χ3n) is 4.95. The molecule has 1 aromatic heterocycles. The van der Waals surface area contributed by atoms with Crippen LogP contribution in [0.25, 0.3) is 0 Å². The minimum Gasteiger partial charge on any atom is -0.489 e. The summed E-state index contributed by atoms with van der Waals surface area (Å²) in [6.45, 7) is 10.7. The van der Waals surface area contributed by atoms with Gasteiger partial charge in [-0.15, -0.1) is 5.10 Å². The number of carbonyl (C=O) groups is 1. The molecule has 1 aromatic carbocycles. The lowest BCUT2D eigenvalue weighted by atomic mass is 10.1. The Balaban J connectivity index is 1.79. The summed E-state index contributed by atoms with van der Waals surface area (Å²) in [6, 6.07) is 4.60. The quantitative estimate of drug-likeness (QED) is 0.554. The van der Waals surface area contributed by atoms with Crippen molar-refractivity contribution in [2.45, 2.75) is 75.6 Å². The van der Waals surface area contributed by atoms with E-state index in [0.29, 0.717) is 29.7 Å². The number of rotatable bonds is 8. The largest absolute Gasteiger partial charge is 0.489 e. The van der Waals surface area contributed by atoms with Gasteiger partial charge in [0.15, 0.2) is 0 Å². The Labute approximate surface area is 199 Å². The second-order valence-corrected chi connectivity index (χ2v) is 12.1. The van der Waals surface area contributed by atoms with E-state index in [4.69, 9.17) is 4.74 Å². The number of benzene rings is 1. The summed E-state index contributed by atoms with van der Waals surface area (Å²) in [6.07, 6.45) is 2.59. The lowest BCUT2D eigenvalue weighted by molar-refractivity contribution is -0.113. The summed E-state index contributed by atoms with van der Waals surface area (Å²) in [7, 11) is -3.64. The van der Waals surface area contributed by atoms with Crippen LogP contribution in [0.15, 0.2) is 28.3 Å². The molecule has 33 heavy (non-hydrogen) atoms. The number of thioether (sulfide) groups is 1. The fourth-order valence-corrected chi connectivity index (χ4v) is 5.79. The number of aromatic nitrogens is 4. The standard InChI is InChI=1S/C21H32N6O4S2/c1-15(2)31-18-10-9-16(33(29,30)26-11-7-6-8-12-26)13-17(18)22-19(28)14-32-20-23-24-25-27(20)21(3,4)5/h9-10,13,15H,6-8,11-12,14H2,1-5H3,(H,22,28). The van der Waals surface area contributed by atoms with E-state index < -0.39 is 10.0 Å². The van der Waals surface area contributed by atoms with Crippen LogP contribution in [0, 0.1) is 0 Å². The van der Waals surface area contributed by atoms with Crippen molar-refractivity contribution >= 4 is 33.4 Å². The first-order chi connectivity index (χ1) is 15.5. The topological polar surface area (TPSA) is 119 Å². The van der Waals surface area contributed by atoms with Gasteiger partial charge in [0.1, 0.15) is 5.75 Å². The third kappa shape index (κ3) is 6.45. The molecule has 0 unspecified atom stereocenters. The van der Waals surface area contributed by atoms with Crippen LogP contribution in [-0.2, 0) is 20.4 Å². The van der Waals surface area contributed by atoms with Crippen molar-refractivity contribution in [3.63, 3.8) is 0 Å². The van der Waals surface area contributed by atoms with E-state index in [1.165, 1.54) is 28.2 Å². The highest BCUT2D eigenvalue weighted by Gasteiger charge is 2.27. The van der Waals surface area contributed by atoms with Crippen LogP contribution in [0.5, 0.6) is 5.75 Å². The molecule has 182 valence electrons. The molecule has 0 atom stereocenters. The van der Waals surface area contributed by atoms with Crippen molar-refractivity contribution in [3.05, 3.63) is 18.2 Å². The number of nitrogens with zero attached hydrogens (tertiary/aromatic N) is 5. The van der Waals surface area contributed by atoms with Gasteiger partial charge >= 0.3 is 0 Å². The van der Waals surface area contributed by atoms with E-state index in [2.05, 4.69) is 20.8 Å². The predicted octanol–water partition coefficient (Wildman–Crippen LogP) is 3.12. The normalized spacial score (nSPS) is 15.6. The molecule has 12 heteroatoms. The lowest BCUT2D eigenvalue weighted by Gasteiger charge is -2.26. The second kappa shape index (κ2) is 10.4. The van der Waals surface area contributed by atoms with Gasteiger partial charge in [0.05, 0.1) is 28.0 Å². The number of hydrogen-bond donors (Lipinski definition) is 1. The van der Waals surface area contributed by atoms with E-state index in [0.717, 1.165) is 19.3 Å². The molecule has 1 aliphatic heterocycles. The van der Waals surface area contributed by atoms with Crippen LogP contribution in [0.2, 0.25) is 0 Å². The molecule has 3 rings (SSSR count). The number of amides is 1. The predicted molar refractivity (Wildman–Crippen MR) is 127 cm³/mol. The molecule has 10 nitrogen and oxygen atoms in total. The highest BCUT2D eigenvalue weighted by atomic mass is 32.2. The van der Waals surface area contributed by atoms with Crippen molar-refractivity contribution < 1.29 is 17.9 Å². The van der Waals surface area contributed by atoms with Gasteiger partial charge in [0, 0.05) is 13.1 Å². The Hall–Kier alpha value is -2.18. The van der Waals surface area contributed by atoms with Crippen LogP contribution in [0.1, 0.15) is 53.9 Å². The highest BCUT2D eigenvalue weighted by molar-refractivity contribution is 7.99. The molecule has 1 fully saturated rings. The van der Waals surface area contributed by atoms with Gasteiger partial charge in [-0.05, 0) is 76.1 Å². The maximum Gasteiger partial charge on any atom is 0.243 e. The Kier molecular flexibility index (Phi) is 8.01. The summed E-state index contributed by atoms with van der Waals surface area (Å²) in [5.74, 6) is 0.158. The minimum atomic E-state index is -3.64. The van der Waals surface area contributed by atoms with Crippen molar-refractivity contribution in [1.82, 2.24) is 24.5 Å². The fraction of sp³-hybridized carbons (Fsp3) is 0.619. The SMILES string of the molecule is CC(C)Oc1ccc(S(=O)(=O)N2CCCCC2)cc1NC(=O)CSc1nnnn1C(C)(C)C. The molecule has 1 saturated heterocycles. The van der Waals surface area contributed by atoms with Crippen LogP contribution in [0.4, 0.5) is 5.69 Å². The van der Waals surface area contributed by atoms with Crippen molar-refractivity contribution in [3.8, 4) is 5.75 Å². The van der Waals surface area contributed by atoms with Gasteiger partial charge in [-0.1, -0.05) is 18.2 Å². The summed E-state index contributed by atoms with van der Waals surface area (Å²) in [4.78, 5) is 12.9. The number of tetrazole rings is 1. The van der Waals surface area contributed by atoms with Gasteiger partial charge in [-0.25, -0.2) is 13.1 Å². The molecule has 1 N–H and O–H groups in total. The summed E-state index contributed by atoms with van der Waals surface area (Å²) >= 11 is 1.21. The molecule has 0 radical (unpaired) electrons. The van der Waals surface area contributed by atoms with Crippen LogP contribution in [-0.4, -0.2) is 63.8 Å². The number of hydrogen-bond acceptors (Lipinski definition) is 8. The summed E-state index contributed by atoms with van der Waals surface area (Å²) < 4.78 is 35.2. The zero-order chi connectivity index (χ0) is 24.2. The first-order valence-corrected chi connectivity index (χ1v) is 13.4. The number of piperidine rings is 1. The van der Waals surface area contributed by atoms with E-state index >= 15 is 0 Å². The monoisotopic (exact) mass is 496 g/mol. The van der Waals surface area contributed by atoms with Crippen LogP contribution >= 0.6 is 11.8 Å². The Morgan fingerprint density at radius 2 is 1.91 bits per heavy atom. The third-order valence-corrected chi connectivity index (χ3v) is 7.76. The zero-order valence-electron chi connectivity index (χ0n) is 19.7. The lowest BCUT2D eigenvalue weighted by Crippen LogP contribution is -2.35. The number of carbonyl (C=O) groups excluding carboxylic acids is 1. The minimum absolute atomic E-state index is 0.0562. The van der Waals surface area contributed by atoms with Crippen LogP contribution in [0.3, 0.4) is 0 Å². The van der Waals surface area contributed by atoms with Crippen molar-refractivity contribution in [2.24, 2.45) is 0 Å². The van der Waals surface area contributed by atoms with Gasteiger partial charge < -0.3 is 10.1 Å². The molecule has 0 bridgehead atoms. The maximum absolute atomic E-state index is 13.1. The van der Waals surface area contributed by atoms with Gasteiger partial charge in [0.25, 0.3) is 0 Å². The number of ether oxygens (including phenoxy) is 1. The van der Waals surface area contributed by atoms with E-state index in [1.807, 2.05) is 34.6 Å². The van der Waals surface area contributed by atoms with Crippen molar-refractivity contribution in [2.75, 3.05) is 24.2 Å². The number of anilines is 1. The Bertz CT molecular complexity index is 1070. The van der Waals surface area contributed by atoms with Crippen LogP contribution < -0.4 is 10.1 Å². The van der Waals surface area contributed by atoms with Gasteiger partial charge in [0.2, 0.25) is 21.1 Å². The fourth-order valence-electron chi connectivity index (χ4n) is 3.38. The maximum atomic E-state index is 13.1.